The molecule has 7 nitrogen and oxygen atoms in total. The van der Waals surface area contributed by atoms with Gasteiger partial charge in [-0.25, -0.2) is 4.68 Å². The average Bonchev–Trinajstić information content (AvgIpc) is 3.45. The van der Waals surface area contributed by atoms with Gasteiger partial charge in [-0.15, -0.1) is 0 Å². The summed E-state index contributed by atoms with van der Waals surface area (Å²) in [7, 11) is 0. The zero-order chi connectivity index (χ0) is 32.9. The lowest BCUT2D eigenvalue weighted by Crippen LogP contribution is -2.41. The molecule has 8 heteroatoms. The number of amides is 1. The highest BCUT2D eigenvalue weighted by Crippen LogP contribution is 2.28. The van der Waals surface area contributed by atoms with Crippen LogP contribution in [0.25, 0.3) is 10.8 Å². The summed E-state index contributed by atoms with van der Waals surface area (Å²) in [5.74, 6) is 0.0410. The quantitative estimate of drug-likeness (QED) is 0.188. The summed E-state index contributed by atoms with van der Waals surface area (Å²) in [5, 5.41) is 10.5. The van der Waals surface area contributed by atoms with Crippen LogP contribution in [0.15, 0.2) is 71.5 Å². The molecule has 1 N–H and O–H groups in total. The number of unbranched alkanes of at least 4 members (excludes halogenated alkanes) is 1. The van der Waals surface area contributed by atoms with Gasteiger partial charge in [0.2, 0.25) is 0 Å². The molecule has 0 radical (unpaired) electrons. The number of nitrogens with one attached hydrogen (secondary N) is 1. The number of carbonyl (C=O) groups excluding carboxylic acids is 1. The van der Waals surface area contributed by atoms with Crippen LogP contribution in [0.3, 0.4) is 0 Å². The highest BCUT2D eigenvalue weighted by atomic mass is 35.5. The summed E-state index contributed by atoms with van der Waals surface area (Å²) < 4.78 is 1.78. The maximum absolute atomic E-state index is 13.6. The molecule has 1 saturated heterocycles. The molecular formula is C40H48ClN5O2. The maximum Gasteiger partial charge on any atom is 0.274 e. The number of nitrogens with zero attached hydrogens (tertiary/aromatic N) is 4. The van der Waals surface area contributed by atoms with Gasteiger partial charge in [0.15, 0.2) is 0 Å². The van der Waals surface area contributed by atoms with Gasteiger partial charge in [0, 0.05) is 54.6 Å². The zero-order valence-corrected chi connectivity index (χ0v) is 28.8. The van der Waals surface area contributed by atoms with Crippen LogP contribution in [0, 0.1) is 0 Å². The first-order valence-corrected chi connectivity index (χ1v) is 18.5. The van der Waals surface area contributed by atoms with Gasteiger partial charge in [-0.05, 0) is 118 Å². The van der Waals surface area contributed by atoms with E-state index in [0.717, 1.165) is 111 Å². The molecule has 3 aliphatic rings. The van der Waals surface area contributed by atoms with E-state index in [2.05, 4.69) is 27.2 Å². The number of hydrogen-bond acceptors (Lipinski definition) is 5. The Kier molecular flexibility index (Phi) is 10.6. The monoisotopic (exact) mass is 665 g/mol. The van der Waals surface area contributed by atoms with Crippen molar-refractivity contribution in [1.29, 1.82) is 0 Å². The first-order valence-electron chi connectivity index (χ1n) is 18.1. The topological polar surface area (TPSA) is 70.5 Å². The molecule has 1 amide bonds. The van der Waals surface area contributed by atoms with Crippen LogP contribution in [0.2, 0.25) is 5.02 Å². The average molecular weight is 666 g/mol. The van der Waals surface area contributed by atoms with Crippen LogP contribution < -0.4 is 10.9 Å². The van der Waals surface area contributed by atoms with Crippen molar-refractivity contribution in [1.82, 2.24) is 24.9 Å². The van der Waals surface area contributed by atoms with Crippen molar-refractivity contribution >= 4 is 28.3 Å². The first kappa shape index (κ1) is 33.0. The number of hydrogen-bond donors (Lipinski definition) is 1. The normalized spacial score (nSPS) is 19.3. The van der Waals surface area contributed by atoms with Gasteiger partial charge in [0.25, 0.3) is 11.5 Å². The lowest BCUT2D eigenvalue weighted by molar-refractivity contribution is 0.0952. The minimum absolute atomic E-state index is 0.00442. The van der Waals surface area contributed by atoms with Crippen molar-refractivity contribution in [2.24, 2.45) is 0 Å². The van der Waals surface area contributed by atoms with Crippen LogP contribution in [0.5, 0.6) is 0 Å². The summed E-state index contributed by atoms with van der Waals surface area (Å²) in [5.41, 5.74) is 5.61. The van der Waals surface area contributed by atoms with Crippen LogP contribution in [0.1, 0.15) is 90.2 Å². The molecule has 1 aromatic heterocycles. The van der Waals surface area contributed by atoms with Crippen LogP contribution >= 0.6 is 11.6 Å². The summed E-state index contributed by atoms with van der Waals surface area (Å²) in [6, 6.07) is 22.9. The summed E-state index contributed by atoms with van der Waals surface area (Å²) in [4.78, 5) is 31.8. The van der Waals surface area contributed by atoms with E-state index in [1.807, 2.05) is 54.6 Å². The molecular weight excluding hydrogens is 618 g/mol. The standard InChI is InChI=1S/C40H48ClN5O2/c41-33-16-12-29(13-17-33)27-38-36-10-1-2-11-37(36)40(48)46(43-38)35-9-6-23-44(24-20-35)22-4-3-21-42-39(47)32-15-14-30-18-25-45(34-7-5-8-34)26-19-31(30)28-32/h1-2,10-17,28,34-35H,3-9,18-27H2,(H,42,47). The highest BCUT2D eigenvalue weighted by molar-refractivity contribution is 6.30. The van der Waals surface area contributed by atoms with Crippen molar-refractivity contribution in [2.75, 3.05) is 39.3 Å². The SMILES string of the molecule is O=C(NCCCCN1CCCC(n2nc(Cc3ccc(Cl)cc3)c3ccccc3c2=O)CC1)c1ccc2c(c1)CCN(C1CCC1)CC2. The van der Waals surface area contributed by atoms with Gasteiger partial charge < -0.3 is 10.2 Å². The highest BCUT2D eigenvalue weighted by Gasteiger charge is 2.27. The number of carbonyl (C=O) groups is 1. The molecule has 2 fully saturated rings. The van der Waals surface area contributed by atoms with Crippen molar-refractivity contribution in [3.63, 3.8) is 0 Å². The van der Waals surface area contributed by atoms with Gasteiger partial charge in [0.1, 0.15) is 0 Å². The smallest absolute Gasteiger partial charge is 0.274 e. The molecule has 252 valence electrons. The third kappa shape index (κ3) is 7.69. The number of aromatic nitrogens is 2. The second-order valence-electron chi connectivity index (χ2n) is 14.0. The molecule has 7 rings (SSSR count). The molecule has 1 saturated carbocycles. The first-order chi connectivity index (χ1) is 23.5. The summed E-state index contributed by atoms with van der Waals surface area (Å²) in [6.45, 7) is 5.91. The Morgan fingerprint density at radius 2 is 1.58 bits per heavy atom. The van der Waals surface area contributed by atoms with Crippen molar-refractivity contribution in [2.45, 2.75) is 82.7 Å². The molecule has 1 aliphatic carbocycles. The third-order valence-electron chi connectivity index (χ3n) is 10.9. The lowest BCUT2D eigenvalue weighted by Gasteiger charge is -2.36. The minimum Gasteiger partial charge on any atom is -0.352 e. The number of benzene rings is 3. The van der Waals surface area contributed by atoms with Crippen LogP contribution in [-0.4, -0.2) is 70.8 Å². The van der Waals surface area contributed by atoms with E-state index >= 15 is 0 Å². The predicted octanol–water partition coefficient (Wildman–Crippen LogP) is 6.83. The molecule has 0 bridgehead atoms. The van der Waals surface area contributed by atoms with Gasteiger partial charge in [-0.2, -0.15) is 5.10 Å². The Morgan fingerprint density at radius 3 is 2.38 bits per heavy atom. The van der Waals surface area contributed by atoms with E-state index in [4.69, 9.17) is 16.7 Å². The molecule has 48 heavy (non-hydrogen) atoms. The van der Waals surface area contributed by atoms with Gasteiger partial charge in [0.05, 0.1) is 17.1 Å². The van der Waals surface area contributed by atoms with Crippen molar-refractivity contribution in [3.05, 3.63) is 110 Å². The van der Waals surface area contributed by atoms with E-state index in [0.29, 0.717) is 18.0 Å². The molecule has 3 heterocycles. The molecule has 4 aromatic rings. The number of likely N-dealkylation sites (tertiary alicyclic amines) is 1. The summed E-state index contributed by atoms with van der Waals surface area (Å²) >= 11 is 6.12. The predicted molar refractivity (Wildman–Crippen MR) is 194 cm³/mol. The number of fused-ring (bicyclic) bond motifs is 2. The molecule has 2 aliphatic heterocycles. The molecule has 3 aromatic carbocycles. The lowest BCUT2D eigenvalue weighted by atomic mass is 9.91. The second kappa shape index (κ2) is 15.4. The summed E-state index contributed by atoms with van der Waals surface area (Å²) in [6.07, 6.45) is 11.7. The Morgan fingerprint density at radius 1 is 0.812 bits per heavy atom. The van der Waals surface area contributed by atoms with Crippen molar-refractivity contribution in [3.8, 4) is 0 Å². The Hall–Kier alpha value is -3.52. The van der Waals surface area contributed by atoms with Gasteiger partial charge >= 0.3 is 0 Å². The fourth-order valence-corrected chi connectivity index (χ4v) is 7.95. The van der Waals surface area contributed by atoms with E-state index in [-0.39, 0.29) is 17.5 Å². The van der Waals surface area contributed by atoms with E-state index in [1.54, 1.807) is 4.68 Å². The van der Waals surface area contributed by atoms with Crippen molar-refractivity contribution < 1.29 is 4.79 Å². The molecule has 1 unspecified atom stereocenters. The van der Waals surface area contributed by atoms with Crippen LogP contribution in [-0.2, 0) is 19.3 Å². The Bertz CT molecular complexity index is 1780. The fourth-order valence-electron chi connectivity index (χ4n) is 7.82. The van der Waals surface area contributed by atoms with E-state index in [9.17, 15) is 9.59 Å². The third-order valence-corrected chi connectivity index (χ3v) is 11.2. The molecule has 0 spiro atoms. The minimum atomic E-state index is 0.00442. The fraction of sp³-hybridized carbons (Fsp3) is 0.475. The van der Waals surface area contributed by atoms with Gasteiger partial charge in [-0.1, -0.05) is 54.4 Å². The van der Waals surface area contributed by atoms with Crippen LogP contribution in [0.4, 0.5) is 0 Å². The second-order valence-corrected chi connectivity index (χ2v) is 14.5. The Balaban J connectivity index is 0.896. The zero-order valence-electron chi connectivity index (χ0n) is 28.0. The largest absolute Gasteiger partial charge is 0.352 e. The Labute approximate surface area is 289 Å². The maximum atomic E-state index is 13.6. The van der Waals surface area contributed by atoms with E-state index in [1.165, 1.54) is 30.4 Å². The van der Waals surface area contributed by atoms with Gasteiger partial charge in [-0.3, -0.25) is 14.5 Å². The number of rotatable bonds is 10. The number of halogens is 1. The van der Waals surface area contributed by atoms with E-state index < -0.39 is 0 Å². The molecule has 1 atom stereocenters.